The highest BCUT2D eigenvalue weighted by atomic mass is 19.1. The summed E-state index contributed by atoms with van der Waals surface area (Å²) in [6.07, 6.45) is 0.799. The minimum Gasteiger partial charge on any atom is -0.496 e. The Kier molecular flexibility index (Phi) is 11.9. The lowest BCUT2D eigenvalue weighted by molar-refractivity contribution is -0.118. The molecule has 1 heterocycles. The van der Waals surface area contributed by atoms with E-state index >= 15 is 0 Å². The number of carbonyl (C=O) groups is 1. The van der Waals surface area contributed by atoms with Gasteiger partial charge in [0.25, 0.3) is 0 Å². The molecule has 0 bridgehead atoms. The zero-order chi connectivity index (χ0) is 26.3. The minimum absolute atomic E-state index is 0.0992. The number of halogens is 1. The van der Waals surface area contributed by atoms with Crippen LogP contribution < -0.4 is 19.7 Å². The van der Waals surface area contributed by atoms with Crippen molar-refractivity contribution in [1.82, 2.24) is 5.32 Å². The van der Waals surface area contributed by atoms with Crippen molar-refractivity contribution in [2.45, 2.75) is 19.6 Å². The van der Waals surface area contributed by atoms with Crippen LogP contribution in [0.25, 0.3) is 0 Å². The fourth-order valence-electron chi connectivity index (χ4n) is 3.73. The summed E-state index contributed by atoms with van der Waals surface area (Å²) in [5.41, 5.74) is 2.55. The van der Waals surface area contributed by atoms with Gasteiger partial charge in [-0.25, -0.2) is 4.39 Å². The molecule has 7 nitrogen and oxygen atoms in total. The van der Waals surface area contributed by atoms with Gasteiger partial charge in [-0.2, -0.15) is 0 Å². The number of ether oxygens (including phenoxy) is 4. The highest BCUT2D eigenvalue weighted by molar-refractivity contribution is 5.95. The van der Waals surface area contributed by atoms with Crippen molar-refractivity contribution in [3.05, 3.63) is 89.7 Å². The first kappa shape index (κ1) is 28.1. The van der Waals surface area contributed by atoms with Crippen molar-refractivity contribution in [2.75, 3.05) is 52.0 Å². The molecule has 1 amide bonds. The summed E-state index contributed by atoms with van der Waals surface area (Å²) in [4.78, 5) is 13.7. The van der Waals surface area contributed by atoms with E-state index in [-0.39, 0.29) is 11.7 Å². The number of nitrogens with one attached hydrogen (secondary N) is 1. The molecule has 1 fully saturated rings. The molecule has 4 rings (SSSR count). The van der Waals surface area contributed by atoms with Gasteiger partial charge in [-0.3, -0.25) is 4.79 Å². The van der Waals surface area contributed by atoms with E-state index in [1.165, 1.54) is 6.07 Å². The quantitative estimate of drug-likeness (QED) is 0.381. The Morgan fingerprint density at radius 3 is 2.32 bits per heavy atom. The molecule has 0 aromatic heterocycles. The van der Waals surface area contributed by atoms with E-state index in [1.54, 1.807) is 37.3 Å². The largest absolute Gasteiger partial charge is 0.496 e. The van der Waals surface area contributed by atoms with Gasteiger partial charge in [-0.15, -0.1) is 0 Å². The third-order valence-electron chi connectivity index (χ3n) is 5.65. The number of para-hydroxylation sites is 1. The number of hydrogen-bond acceptors (Lipinski definition) is 6. The van der Waals surface area contributed by atoms with Crippen molar-refractivity contribution in [3.8, 4) is 11.5 Å². The van der Waals surface area contributed by atoms with Gasteiger partial charge < -0.3 is 29.2 Å². The van der Waals surface area contributed by atoms with Crippen molar-refractivity contribution >= 4 is 11.6 Å². The Labute approximate surface area is 218 Å². The maximum atomic E-state index is 12.7. The van der Waals surface area contributed by atoms with Crippen LogP contribution in [-0.4, -0.2) is 53.0 Å². The van der Waals surface area contributed by atoms with Crippen LogP contribution in [0.2, 0.25) is 0 Å². The lowest BCUT2D eigenvalue weighted by atomic mass is 10.2. The Hall–Kier alpha value is -3.46. The first-order chi connectivity index (χ1) is 18.1. The van der Waals surface area contributed by atoms with Crippen LogP contribution in [0, 0.1) is 5.82 Å². The fourth-order valence-corrected chi connectivity index (χ4v) is 3.73. The molecule has 1 aliphatic rings. The van der Waals surface area contributed by atoms with Crippen molar-refractivity contribution in [3.63, 3.8) is 0 Å². The van der Waals surface area contributed by atoms with Crippen LogP contribution in [0.1, 0.15) is 17.5 Å². The second-order valence-electron chi connectivity index (χ2n) is 8.31. The average molecular weight is 511 g/mol. The third kappa shape index (κ3) is 9.17. The average Bonchev–Trinajstić information content (AvgIpc) is 2.93. The summed E-state index contributed by atoms with van der Waals surface area (Å²) < 4.78 is 34.2. The van der Waals surface area contributed by atoms with E-state index in [9.17, 15) is 9.18 Å². The zero-order valence-electron chi connectivity index (χ0n) is 21.5. The molecule has 1 N–H and O–H groups in total. The van der Waals surface area contributed by atoms with Crippen LogP contribution in [0.15, 0.2) is 72.8 Å². The van der Waals surface area contributed by atoms with E-state index in [2.05, 4.69) is 5.32 Å². The smallest absolute Gasteiger partial charge is 0.240 e. The summed E-state index contributed by atoms with van der Waals surface area (Å²) in [7, 11) is 3.21. The molecule has 37 heavy (non-hydrogen) atoms. The predicted molar refractivity (Wildman–Crippen MR) is 142 cm³/mol. The van der Waals surface area contributed by atoms with E-state index in [1.807, 2.05) is 48.5 Å². The Bertz CT molecular complexity index is 1090. The standard InChI is InChI=1S/C21H26N2O4.C8H9FO/c1-25-20-6-3-2-5-17(20)16-26-13-4-14-27-19-9-7-18(8-10-19)23-12-11-22-15-21(23)24;1-10-6-7-4-2-3-5-8(7)9/h2-3,5-10,22H,4,11-16H2,1H3;2-5H,6H2,1H3. The molecule has 8 heteroatoms. The van der Waals surface area contributed by atoms with Gasteiger partial charge in [0.1, 0.15) is 17.3 Å². The second-order valence-corrected chi connectivity index (χ2v) is 8.31. The molecular formula is C29H35FN2O5. The number of benzene rings is 3. The van der Waals surface area contributed by atoms with E-state index < -0.39 is 0 Å². The molecular weight excluding hydrogens is 475 g/mol. The van der Waals surface area contributed by atoms with Crippen LogP contribution in [0.4, 0.5) is 10.1 Å². The van der Waals surface area contributed by atoms with Crippen LogP contribution in [0.3, 0.4) is 0 Å². The third-order valence-corrected chi connectivity index (χ3v) is 5.65. The van der Waals surface area contributed by atoms with Gasteiger partial charge in [-0.05, 0) is 36.4 Å². The SMILES string of the molecule is COCc1ccccc1F.COc1ccccc1COCCCOc1ccc(N2CCNCC2=O)cc1. The molecule has 1 aliphatic heterocycles. The molecule has 0 unspecified atom stereocenters. The first-order valence-corrected chi connectivity index (χ1v) is 12.3. The molecule has 0 saturated carbocycles. The number of rotatable bonds is 11. The number of methoxy groups -OCH3 is 2. The fraction of sp³-hybridized carbons (Fsp3) is 0.345. The van der Waals surface area contributed by atoms with Gasteiger partial charge in [0.2, 0.25) is 5.91 Å². The minimum atomic E-state index is -0.204. The van der Waals surface area contributed by atoms with Gasteiger partial charge in [0, 0.05) is 43.4 Å². The molecule has 198 valence electrons. The number of anilines is 1. The summed E-state index contributed by atoms with van der Waals surface area (Å²) in [6.45, 7) is 3.97. The first-order valence-electron chi connectivity index (χ1n) is 12.3. The Balaban J connectivity index is 0.000000319. The zero-order valence-corrected chi connectivity index (χ0v) is 21.5. The van der Waals surface area contributed by atoms with Crippen molar-refractivity contribution < 1.29 is 28.1 Å². The summed E-state index contributed by atoms with van der Waals surface area (Å²) in [5.74, 6) is 1.54. The normalized spacial score (nSPS) is 13.1. The molecule has 0 spiro atoms. The van der Waals surface area contributed by atoms with Crippen molar-refractivity contribution in [1.29, 1.82) is 0 Å². The molecule has 1 saturated heterocycles. The summed E-state index contributed by atoms with van der Waals surface area (Å²) in [6, 6.07) is 22.1. The van der Waals surface area contributed by atoms with Crippen LogP contribution in [0.5, 0.6) is 11.5 Å². The van der Waals surface area contributed by atoms with E-state index in [0.717, 1.165) is 35.7 Å². The van der Waals surface area contributed by atoms with Crippen LogP contribution >= 0.6 is 0 Å². The Morgan fingerprint density at radius 1 is 0.892 bits per heavy atom. The molecule has 0 atom stereocenters. The molecule has 0 radical (unpaired) electrons. The van der Waals surface area contributed by atoms with E-state index in [4.69, 9.17) is 18.9 Å². The maximum absolute atomic E-state index is 12.7. The molecule has 3 aromatic rings. The van der Waals surface area contributed by atoms with Crippen LogP contribution in [-0.2, 0) is 27.5 Å². The number of amides is 1. The Morgan fingerprint density at radius 2 is 1.62 bits per heavy atom. The molecule has 3 aromatic carbocycles. The second kappa shape index (κ2) is 15.6. The lowest BCUT2D eigenvalue weighted by Crippen LogP contribution is -2.48. The van der Waals surface area contributed by atoms with Gasteiger partial charge in [0.15, 0.2) is 0 Å². The molecule has 0 aliphatic carbocycles. The highest BCUT2D eigenvalue weighted by Crippen LogP contribution is 2.21. The number of hydrogen-bond donors (Lipinski definition) is 1. The van der Waals surface area contributed by atoms with E-state index in [0.29, 0.717) is 45.1 Å². The van der Waals surface area contributed by atoms with Gasteiger partial charge in [0.05, 0.1) is 40.1 Å². The maximum Gasteiger partial charge on any atom is 0.240 e. The lowest BCUT2D eigenvalue weighted by Gasteiger charge is -2.27. The predicted octanol–water partition coefficient (Wildman–Crippen LogP) is 4.59. The number of nitrogens with zero attached hydrogens (tertiary/aromatic N) is 1. The van der Waals surface area contributed by atoms with Crippen molar-refractivity contribution in [2.24, 2.45) is 0 Å². The summed E-state index contributed by atoms with van der Waals surface area (Å²) in [5, 5.41) is 3.07. The number of piperazine rings is 1. The number of carbonyl (C=O) groups excluding carboxylic acids is 1. The monoisotopic (exact) mass is 510 g/mol. The highest BCUT2D eigenvalue weighted by Gasteiger charge is 2.18. The van der Waals surface area contributed by atoms with Gasteiger partial charge in [-0.1, -0.05) is 36.4 Å². The van der Waals surface area contributed by atoms with Gasteiger partial charge >= 0.3 is 0 Å². The topological polar surface area (TPSA) is 69.3 Å². The summed E-state index contributed by atoms with van der Waals surface area (Å²) >= 11 is 0.